The van der Waals surface area contributed by atoms with Gasteiger partial charge in [-0.2, -0.15) is 0 Å². The third-order valence-electron chi connectivity index (χ3n) is 8.46. The molecule has 136 valence electrons. The van der Waals surface area contributed by atoms with Crippen LogP contribution in [0.3, 0.4) is 0 Å². The van der Waals surface area contributed by atoms with Gasteiger partial charge in [-0.3, -0.25) is 0 Å². The summed E-state index contributed by atoms with van der Waals surface area (Å²) in [6, 6.07) is 0.644. The molecule has 3 saturated carbocycles. The first-order valence-electron chi connectivity index (χ1n) is 10.4. The summed E-state index contributed by atoms with van der Waals surface area (Å²) in [5.41, 5.74) is 0.593. The molecule has 5 rings (SSSR count). The SMILES string of the molecule is OC1C(CNC2[C@H]3CCO[C@H]3C23CCCC3)CCC12CCOCC2. The molecule has 0 bridgehead atoms. The van der Waals surface area contributed by atoms with Crippen molar-refractivity contribution in [3.63, 3.8) is 0 Å². The molecule has 2 aliphatic heterocycles. The van der Waals surface area contributed by atoms with Crippen molar-refractivity contribution in [3.05, 3.63) is 0 Å². The van der Waals surface area contributed by atoms with Gasteiger partial charge in [0.25, 0.3) is 0 Å². The number of fused-ring (bicyclic) bond motifs is 2. The number of nitrogens with one attached hydrogen (secondary N) is 1. The molecule has 4 nitrogen and oxygen atoms in total. The normalized spacial score (nSPS) is 45.6. The molecule has 2 N–H and O–H groups in total. The Kier molecular flexibility index (Phi) is 3.97. The molecule has 5 aliphatic rings. The van der Waals surface area contributed by atoms with Gasteiger partial charge in [0.15, 0.2) is 0 Å². The quantitative estimate of drug-likeness (QED) is 0.832. The molecule has 0 aromatic rings. The van der Waals surface area contributed by atoms with E-state index < -0.39 is 0 Å². The van der Waals surface area contributed by atoms with Crippen molar-refractivity contribution in [2.45, 2.75) is 76.0 Å². The number of hydrogen-bond acceptors (Lipinski definition) is 4. The zero-order valence-corrected chi connectivity index (χ0v) is 14.8. The molecule has 0 radical (unpaired) electrons. The fourth-order valence-corrected chi connectivity index (χ4v) is 7.10. The largest absolute Gasteiger partial charge is 0.392 e. The van der Waals surface area contributed by atoms with Crippen LogP contribution >= 0.6 is 0 Å². The van der Waals surface area contributed by atoms with Gasteiger partial charge < -0.3 is 19.9 Å². The first-order valence-corrected chi connectivity index (χ1v) is 10.4. The van der Waals surface area contributed by atoms with Crippen molar-refractivity contribution in [2.24, 2.45) is 22.7 Å². The summed E-state index contributed by atoms with van der Waals surface area (Å²) in [5.74, 6) is 1.17. The van der Waals surface area contributed by atoms with E-state index in [4.69, 9.17) is 9.47 Å². The number of ether oxygens (including phenoxy) is 2. The predicted octanol–water partition coefficient (Wildman–Crippen LogP) is 2.49. The summed E-state index contributed by atoms with van der Waals surface area (Å²) in [4.78, 5) is 0. The molecule has 4 heteroatoms. The van der Waals surface area contributed by atoms with Crippen molar-refractivity contribution in [1.82, 2.24) is 5.32 Å². The van der Waals surface area contributed by atoms with Gasteiger partial charge in [-0.15, -0.1) is 0 Å². The fraction of sp³-hybridized carbons (Fsp3) is 1.00. The van der Waals surface area contributed by atoms with Crippen molar-refractivity contribution < 1.29 is 14.6 Å². The standard InChI is InChI=1S/C20H33NO3/c22-17-14(3-7-19(17)8-11-23-12-9-19)13-21-16-15-4-10-24-18(15)20(16)5-1-2-6-20/h14-18,21-22H,1-13H2/t14?,15-,16?,17?,18-/m1/s1. The topological polar surface area (TPSA) is 50.7 Å². The van der Waals surface area contributed by atoms with Crippen LogP contribution in [0.1, 0.15) is 57.8 Å². The van der Waals surface area contributed by atoms with Crippen LogP contribution in [0.4, 0.5) is 0 Å². The van der Waals surface area contributed by atoms with Crippen molar-refractivity contribution in [2.75, 3.05) is 26.4 Å². The highest BCUT2D eigenvalue weighted by atomic mass is 16.5. The lowest BCUT2D eigenvalue weighted by Gasteiger charge is -2.57. The highest BCUT2D eigenvalue weighted by molar-refractivity contribution is 5.17. The molecule has 2 heterocycles. The van der Waals surface area contributed by atoms with Gasteiger partial charge >= 0.3 is 0 Å². The first-order chi connectivity index (χ1) is 11.8. The molecular formula is C20H33NO3. The van der Waals surface area contributed by atoms with Crippen molar-refractivity contribution >= 4 is 0 Å². The van der Waals surface area contributed by atoms with Gasteiger partial charge in [0.05, 0.1) is 12.2 Å². The maximum Gasteiger partial charge on any atom is 0.0690 e. The summed E-state index contributed by atoms with van der Waals surface area (Å²) in [7, 11) is 0. The Bertz CT molecular complexity index is 470. The third-order valence-corrected chi connectivity index (χ3v) is 8.46. The number of hydrogen-bond donors (Lipinski definition) is 2. The van der Waals surface area contributed by atoms with E-state index in [1.165, 1.54) is 44.9 Å². The lowest BCUT2D eigenvalue weighted by molar-refractivity contribution is -0.132. The second-order valence-electron chi connectivity index (χ2n) is 9.29. The van der Waals surface area contributed by atoms with E-state index in [1.54, 1.807) is 0 Å². The third kappa shape index (κ3) is 2.19. The number of aliphatic hydroxyl groups excluding tert-OH is 1. The minimum Gasteiger partial charge on any atom is -0.392 e. The lowest BCUT2D eigenvalue weighted by atomic mass is 9.54. The van der Waals surface area contributed by atoms with Crippen LogP contribution < -0.4 is 5.32 Å². The van der Waals surface area contributed by atoms with Crippen LogP contribution in [-0.4, -0.2) is 49.7 Å². The van der Waals surface area contributed by atoms with Crippen LogP contribution in [0.2, 0.25) is 0 Å². The smallest absolute Gasteiger partial charge is 0.0690 e. The highest BCUT2D eigenvalue weighted by Gasteiger charge is 2.64. The zero-order chi connectivity index (χ0) is 16.2. The Morgan fingerprint density at radius 1 is 0.958 bits per heavy atom. The Morgan fingerprint density at radius 2 is 1.75 bits per heavy atom. The van der Waals surface area contributed by atoms with Crippen LogP contribution in [0, 0.1) is 22.7 Å². The van der Waals surface area contributed by atoms with Gasteiger partial charge in [-0.05, 0) is 50.9 Å². The molecule has 2 saturated heterocycles. The van der Waals surface area contributed by atoms with E-state index in [2.05, 4.69) is 5.32 Å². The van der Waals surface area contributed by atoms with E-state index in [9.17, 15) is 5.11 Å². The Balaban J connectivity index is 1.23. The summed E-state index contributed by atoms with van der Waals surface area (Å²) in [5, 5.41) is 14.9. The van der Waals surface area contributed by atoms with Crippen molar-refractivity contribution in [3.8, 4) is 0 Å². The fourth-order valence-electron chi connectivity index (χ4n) is 7.10. The lowest BCUT2D eigenvalue weighted by Crippen LogP contribution is -2.67. The second-order valence-corrected chi connectivity index (χ2v) is 9.29. The maximum absolute atomic E-state index is 11.0. The van der Waals surface area contributed by atoms with E-state index >= 15 is 0 Å². The second kappa shape index (κ2) is 5.94. The van der Waals surface area contributed by atoms with E-state index in [0.717, 1.165) is 45.1 Å². The monoisotopic (exact) mass is 335 g/mol. The summed E-state index contributed by atoms with van der Waals surface area (Å²) >= 11 is 0. The Hall–Kier alpha value is -0.160. The molecule has 24 heavy (non-hydrogen) atoms. The Morgan fingerprint density at radius 3 is 2.54 bits per heavy atom. The number of rotatable bonds is 3. The van der Waals surface area contributed by atoms with E-state index in [1.807, 2.05) is 0 Å². The van der Waals surface area contributed by atoms with Crippen LogP contribution in [-0.2, 0) is 9.47 Å². The van der Waals surface area contributed by atoms with Crippen LogP contribution in [0.5, 0.6) is 0 Å². The highest BCUT2D eigenvalue weighted by Crippen LogP contribution is 2.60. The van der Waals surface area contributed by atoms with Gasteiger partial charge in [-0.25, -0.2) is 0 Å². The van der Waals surface area contributed by atoms with Gasteiger partial charge in [0.2, 0.25) is 0 Å². The van der Waals surface area contributed by atoms with Gasteiger partial charge in [-0.1, -0.05) is 12.8 Å². The maximum atomic E-state index is 11.0. The molecule has 2 spiro atoms. The minimum absolute atomic E-state index is 0.135. The average molecular weight is 335 g/mol. The molecule has 0 amide bonds. The molecule has 3 aliphatic carbocycles. The van der Waals surface area contributed by atoms with Crippen LogP contribution in [0.25, 0.3) is 0 Å². The van der Waals surface area contributed by atoms with E-state index in [0.29, 0.717) is 23.5 Å². The van der Waals surface area contributed by atoms with E-state index in [-0.39, 0.29) is 11.5 Å². The molecule has 3 unspecified atom stereocenters. The summed E-state index contributed by atoms with van der Waals surface area (Å²) in [6.45, 7) is 3.64. The van der Waals surface area contributed by atoms with Gasteiger partial charge in [0, 0.05) is 49.2 Å². The molecular weight excluding hydrogens is 302 g/mol. The van der Waals surface area contributed by atoms with Gasteiger partial charge in [0.1, 0.15) is 0 Å². The summed E-state index contributed by atoms with van der Waals surface area (Å²) < 4.78 is 11.6. The summed E-state index contributed by atoms with van der Waals surface area (Å²) in [6.07, 6.45) is 11.6. The molecule has 0 aromatic carbocycles. The predicted molar refractivity (Wildman–Crippen MR) is 91.8 cm³/mol. The number of aliphatic hydroxyl groups is 1. The molecule has 0 aromatic heterocycles. The minimum atomic E-state index is -0.135. The van der Waals surface area contributed by atoms with Crippen LogP contribution in [0.15, 0.2) is 0 Å². The Labute approximate surface area is 145 Å². The molecule has 5 fully saturated rings. The average Bonchev–Trinajstić information content (AvgIpc) is 3.31. The van der Waals surface area contributed by atoms with Crippen molar-refractivity contribution in [1.29, 1.82) is 0 Å². The first kappa shape index (κ1) is 16.0. The zero-order valence-electron chi connectivity index (χ0n) is 14.8. The molecule has 5 atom stereocenters.